The zero-order chi connectivity index (χ0) is 11.7. The van der Waals surface area contributed by atoms with Crippen LogP contribution < -0.4 is 0 Å². The maximum Gasteiger partial charge on any atom is 0.254 e. The molecule has 1 aromatic heterocycles. The SMILES string of the molecule is CCOC(=N)c1oc2ccc(C)cc2c1O. The van der Waals surface area contributed by atoms with Crippen LogP contribution in [0, 0.1) is 12.3 Å². The first-order valence-corrected chi connectivity index (χ1v) is 5.07. The van der Waals surface area contributed by atoms with E-state index in [2.05, 4.69) is 0 Å². The molecule has 0 saturated heterocycles. The molecule has 0 atom stereocenters. The van der Waals surface area contributed by atoms with Crippen molar-refractivity contribution in [2.45, 2.75) is 13.8 Å². The van der Waals surface area contributed by atoms with Gasteiger partial charge in [-0.25, -0.2) is 0 Å². The number of rotatable bonds is 2. The van der Waals surface area contributed by atoms with E-state index in [-0.39, 0.29) is 17.4 Å². The molecule has 1 heterocycles. The third-order valence-electron chi connectivity index (χ3n) is 2.31. The number of ether oxygens (including phenoxy) is 1. The van der Waals surface area contributed by atoms with E-state index in [1.807, 2.05) is 19.1 Å². The normalized spacial score (nSPS) is 10.6. The standard InChI is InChI=1S/C12H13NO3/c1-3-15-12(13)11-10(14)8-6-7(2)4-5-9(8)16-11/h4-6,13-14H,3H2,1-2H3. The molecule has 0 radical (unpaired) electrons. The molecule has 1 aromatic carbocycles. The number of aromatic hydroxyl groups is 1. The molecule has 0 amide bonds. The molecule has 16 heavy (non-hydrogen) atoms. The molecule has 0 spiro atoms. The number of benzene rings is 1. The number of aryl methyl sites for hydroxylation is 1. The summed E-state index contributed by atoms with van der Waals surface area (Å²) in [5, 5.41) is 18.1. The summed E-state index contributed by atoms with van der Waals surface area (Å²) in [6.45, 7) is 4.08. The number of hydrogen-bond donors (Lipinski definition) is 2. The Labute approximate surface area is 93.0 Å². The van der Waals surface area contributed by atoms with Crippen LogP contribution in [0.3, 0.4) is 0 Å². The maximum absolute atomic E-state index is 9.90. The molecule has 0 fully saturated rings. The first-order valence-electron chi connectivity index (χ1n) is 5.07. The van der Waals surface area contributed by atoms with Crippen LogP contribution in [0.1, 0.15) is 18.2 Å². The summed E-state index contributed by atoms with van der Waals surface area (Å²) in [6, 6.07) is 5.48. The van der Waals surface area contributed by atoms with Gasteiger partial charge in [-0.2, -0.15) is 0 Å². The van der Waals surface area contributed by atoms with E-state index in [1.54, 1.807) is 13.0 Å². The maximum atomic E-state index is 9.90. The lowest BCUT2D eigenvalue weighted by atomic mass is 10.1. The zero-order valence-corrected chi connectivity index (χ0v) is 9.20. The van der Waals surface area contributed by atoms with Crippen molar-refractivity contribution >= 4 is 16.9 Å². The third-order valence-corrected chi connectivity index (χ3v) is 2.31. The van der Waals surface area contributed by atoms with Crippen molar-refractivity contribution in [2.24, 2.45) is 0 Å². The van der Waals surface area contributed by atoms with Gasteiger partial charge in [-0.05, 0) is 26.0 Å². The highest BCUT2D eigenvalue weighted by Gasteiger charge is 2.18. The van der Waals surface area contributed by atoms with Gasteiger partial charge in [0.25, 0.3) is 5.90 Å². The van der Waals surface area contributed by atoms with Gasteiger partial charge in [0.05, 0.1) is 12.0 Å². The Morgan fingerprint density at radius 1 is 1.50 bits per heavy atom. The fourth-order valence-corrected chi connectivity index (χ4v) is 1.56. The van der Waals surface area contributed by atoms with Crippen LogP contribution in [0.5, 0.6) is 5.75 Å². The van der Waals surface area contributed by atoms with E-state index in [9.17, 15) is 5.11 Å². The molecule has 84 valence electrons. The summed E-state index contributed by atoms with van der Waals surface area (Å²) in [5.74, 6) is -0.0894. The number of furan rings is 1. The van der Waals surface area contributed by atoms with Gasteiger partial charge < -0.3 is 14.3 Å². The topological polar surface area (TPSA) is 66.5 Å². The first-order chi connectivity index (χ1) is 7.63. The Hall–Kier alpha value is -1.97. The summed E-state index contributed by atoms with van der Waals surface area (Å²) >= 11 is 0. The third kappa shape index (κ3) is 1.62. The highest BCUT2D eigenvalue weighted by molar-refractivity contribution is 5.99. The lowest BCUT2D eigenvalue weighted by Crippen LogP contribution is -2.03. The van der Waals surface area contributed by atoms with Gasteiger partial charge in [0.2, 0.25) is 5.76 Å². The van der Waals surface area contributed by atoms with Crippen molar-refractivity contribution in [3.8, 4) is 5.75 Å². The Morgan fingerprint density at radius 2 is 2.25 bits per heavy atom. The fourth-order valence-electron chi connectivity index (χ4n) is 1.56. The molecule has 2 N–H and O–H groups in total. The number of fused-ring (bicyclic) bond motifs is 1. The van der Waals surface area contributed by atoms with E-state index >= 15 is 0 Å². The number of nitrogens with one attached hydrogen (secondary N) is 1. The molecule has 4 nitrogen and oxygen atoms in total. The highest BCUT2D eigenvalue weighted by atomic mass is 16.5. The molecule has 0 aliphatic carbocycles. The summed E-state index contributed by atoms with van der Waals surface area (Å²) in [4.78, 5) is 0. The lowest BCUT2D eigenvalue weighted by molar-refractivity contribution is 0.314. The highest BCUT2D eigenvalue weighted by Crippen LogP contribution is 2.32. The summed E-state index contributed by atoms with van der Waals surface area (Å²) in [5.41, 5.74) is 1.58. The molecule has 0 unspecified atom stereocenters. The first kappa shape index (κ1) is 10.5. The van der Waals surface area contributed by atoms with Crippen LogP contribution in [-0.4, -0.2) is 17.6 Å². The van der Waals surface area contributed by atoms with Crippen molar-refractivity contribution in [3.63, 3.8) is 0 Å². The van der Waals surface area contributed by atoms with Crippen molar-refractivity contribution in [2.75, 3.05) is 6.61 Å². The molecule has 2 aromatic rings. The molecule has 0 bridgehead atoms. The minimum absolute atomic E-state index is 0.0304. The molecule has 4 heteroatoms. The van der Waals surface area contributed by atoms with E-state index in [1.165, 1.54) is 0 Å². The second-order valence-corrected chi connectivity index (χ2v) is 3.54. The smallest absolute Gasteiger partial charge is 0.254 e. The Kier molecular flexibility index (Phi) is 2.56. The Balaban J connectivity index is 2.56. The summed E-state index contributed by atoms with van der Waals surface area (Å²) in [7, 11) is 0. The molecule has 0 aliphatic rings. The predicted molar refractivity (Wildman–Crippen MR) is 61.1 cm³/mol. The van der Waals surface area contributed by atoms with Gasteiger partial charge in [-0.3, -0.25) is 5.41 Å². The van der Waals surface area contributed by atoms with E-state index in [0.29, 0.717) is 17.6 Å². The van der Waals surface area contributed by atoms with E-state index in [4.69, 9.17) is 14.6 Å². The van der Waals surface area contributed by atoms with Gasteiger partial charge >= 0.3 is 0 Å². The van der Waals surface area contributed by atoms with Gasteiger partial charge in [-0.1, -0.05) is 11.6 Å². The van der Waals surface area contributed by atoms with E-state index < -0.39 is 0 Å². The summed E-state index contributed by atoms with van der Waals surface area (Å²) in [6.07, 6.45) is 0. The molecular formula is C12H13NO3. The van der Waals surface area contributed by atoms with Gasteiger partial charge in [0.1, 0.15) is 5.58 Å². The van der Waals surface area contributed by atoms with Crippen LogP contribution in [0.4, 0.5) is 0 Å². The second-order valence-electron chi connectivity index (χ2n) is 3.54. The Morgan fingerprint density at radius 3 is 2.94 bits per heavy atom. The van der Waals surface area contributed by atoms with Crippen molar-refractivity contribution < 1.29 is 14.3 Å². The van der Waals surface area contributed by atoms with Crippen molar-refractivity contribution in [1.82, 2.24) is 0 Å². The average molecular weight is 219 g/mol. The Bertz CT molecular complexity index is 542. The quantitative estimate of drug-likeness (QED) is 0.602. The van der Waals surface area contributed by atoms with Crippen LogP contribution in [0.15, 0.2) is 22.6 Å². The minimum atomic E-state index is -0.145. The zero-order valence-electron chi connectivity index (χ0n) is 9.20. The van der Waals surface area contributed by atoms with Crippen LogP contribution in [0.25, 0.3) is 11.0 Å². The molecule has 0 saturated carbocycles. The van der Waals surface area contributed by atoms with Crippen molar-refractivity contribution in [1.29, 1.82) is 5.41 Å². The van der Waals surface area contributed by atoms with Crippen LogP contribution in [-0.2, 0) is 4.74 Å². The molecule has 0 aliphatic heterocycles. The second kappa shape index (κ2) is 3.89. The van der Waals surface area contributed by atoms with Gasteiger partial charge in [-0.15, -0.1) is 0 Å². The largest absolute Gasteiger partial charge is 0.504 e. The number of hydrogen-bond acceptors (Lipinski definition) is 4. The fraction of sp³-hybridized carbons (Fsp3) is 0.250. The van der Waals surface area contributed by atoms with Gasteiger partial charge in [0, 0.05) is 0 Å². The average Bonchev–Trinajstić information content (AvgIpc) is 2.57. The molecule has 2 rings (SSSR count). The predicted octanol–water partition coefficient (Wildman–Crippen LogP) is 2.81. The molecular weight excluding hydrogens is 206 g/mol. The monoisotopic (exact) mass is 219 g/mol. The lowest BCUT2D eigenvalue weighted by Gasteiger charge is -2.00. The van der Waals surface area contributed by atoms with Crippen molar-refractivity contribution in [3.05, 3.63) is 29.5 Å². The van der Waals surface area contributed by atoms with Gasteiger partial charge in [0.15, 0.2) is 5.75 Å². The van der Waals surface area contributed by atoms with Crippen LogP contribution in [0.2, 0.25) is 0 Å². The minimum Gasteiger partial charge on any atom is -0.504 e. The summed E-state index contributed by atoms with van der Waals surface area (Å²) < 4.78 is 10.4. The van der Waals surface area contributed by atoms with Crippen LogP contribution >= 0.6 is 0 Å². The van der Waals surface area contributed by atoms with E-state index in [0.717, 1.165) is 5.56 Å².